The Hall–Kier alpha value is -2.04. The highest BCUT2D eigenvalue weighted by molar-refractivity contribution is 5.94. The van der Waals surface area contributed by atoms with Crippen LogP contribution in [0.3, 0.4) is 0 Å². The maximum atomic E-state index is 11.4. The highest BCUT2D eigenvalue weighted by Crippen LogP contribution is 2.16. The van der Waals surface area contributed by atoms with Crippen molar-refractivity contribution in [1.82, 2.24) is 0 Å². The number of carbonyl (C=O) groups excluding carboxylic acids is 1. The van der Waals surface area contributed by atoms with Crippen LogP contribution in [-0.4, -0.2) is 28.8 Å². The molecule has 1 atom stereocenters. The predicted octanol–water partition coefficient (Wildman–Crippen LogP) is 1.20. The fraction of sp³-hybridized carbons (Fsp3) is 0.333. The quantitative estimate of drug-likeness (QED) is 0.594. The maximum Gasteiger partial charge on any atom is 0.320 e. The minimum atomic E-state index is -1.24. The SMILES string of the molecule is CCOC(=O)C(Cc1cccc(O)c1)C(=O)O. The Balaban J connectivity index is 2.80. The molecule has 0 aromatic heterocycles. The normalized spacial score (nSPS) is 11.8. The number of hydrogen-bond donors (Lipinski definition) is 2. The molecule has 0 spiro atoms. The van der Waals surface area contributed by atoms with Gasteiger partial charge in [0.2, 0.25) is 0 Å². The van der Waals surface area contributed by atoms with E-state index in [2.05, 4.69) is 4.74 Å². The summed E-state index contributed by atoms with van der Waals surface area (Å²) in [6, 6.07) is 6.14. The third-order valence-electron chi connectivity index (χ3n) is 2.22. The van der Waals surface area contributed by atoms with Crippen LogP contribution in [0.15, 0.2) is 24.3 Å². The largest absolute Gasteiger partial charge is 0.508 e. The number of phenolic OH excluding ortho intramolecular Hbond substituents is 1. The Bertz CT molecular complexity index is 413. The number of rotatable bonds is 5. The lowest BCUT2D eigenvalue weighted by atomic mass is 9.99. The Morgan fingerprint density at radius 2 is 2.12 bits per heavy atom. The monoisotopic (exact) mass is 238 g/mol. The third kappa shape index (κ3) is 3.79. The van der Waals surface area contributed by atoms with Gasteiger partial charge in [0.05, 0.1) is 6.61 Å². The van der Waals surface area contributed by atoms with E-state index in [1.54, 1.807) is 19.1 Å². The first-order valence-electron chi connectivity index (χ1n) is 5.22. The fourth-order valence-electron chi connectivity index (χ4n) is 1.43. The number of hydrogen-bond acceptors (Lipinski definition) is 4. The summed E-state index contributed by atoms with van der Waals surface area (Å²) in [5, 5.41) is 18.2. The summed E-state index contributed by atoms with van der Waals surface area (Å²) in [6.07, 6.45) is 0.00255. The summed E-state index contributed by atoms with van der Waals surface area (Å²) in [4.78, 5) is 22.4. The van der Waals surface area contributed by atoms with Crippen molar-refractivity contribution in [3.05, 3.63) is 29.8 Å². The first kappa shape index (κ1) is 13.0. The zero-order valence-corrected chi connectivity index (χ0v) is 9.42. The van der Waals surface area contributed by atoms with E-state index in [0.717, 1.165) is 0 Å². The van der Waals surface area contributed by atoms with Crippen LogP contribution < -0.4 is 0 Å². The first-order chi connectivity index (χ1) is 8.04. The maximum absolute atomic E-state index is 11.4. The standard InChI is InChI=1S/C12H14O5/c1-2-17-12(16)10(11(14)15)7-8-4-3-5-9(13)6-8/h3-6,10,13H,2,7H2,1H3,(H,14,15). The van der Waals surface area contributed by atoms with E-state index in [0.29, 0.717) is 5.56 Å². The molecule has 0 aliphatic rings. The zero-order chi connectivity index (χ0) is 12.8. The second-order valence-corrected chi connectivity index (χ2v) is 3.52. The van der Waals surface area contributed by atoms with Gasteiger partial charge in [-0.3, -0.25) is 9.59 Å². The number of carbonyl (C=O) groups is 2. The van der Waals surface area contributed by atoms with Gasteiger partial charge >= 0.3 is 11.9 Å². The molecule has 0 aliphatic heterocycles. The van der Waals surface area contributed by atoms with Gasteiger partial charge in [0.1, 0.15) is 5.75 Å². The minimum Gasteiger partial charge on any atom is -0.508 e. The van der Waals surface area contributed by atoms with Crippen molar-refractivity contribution in [2.45, 2.75) is 13.3 Å². The Morgan fingerprint density at radius 3 is 2.65 bits per heavy atom. The van der Waals surface area contributed by atoms with Crippen LogP contribution in [0.4, 0.5) is 0 Å². The Labute approximate surface area is 98.6 Å². The lowest BCUT2D eigenvalue weighted by Gasteiger charge is -2.11. The lowest BCUT2D eigenvalue weighted by molar-refractivity contribution is -0.158. The summed E-state index contributed by atoms with van der Waals surface area (Å²) >= 11 is 0. The molecular formula is C12H14O5. The molecule has 0 saturated carbocycles. The molecule has 5 nitrogen and oxygen atoms in total. The molecule has 0 radical (unpaired) electrons. The smallest absolute Gasteiger partial charge is 0.320 e. The molecule has 1 rings (SSSR count). The fourth-order valence-corrected chi connectivity index (χ4v) is 1.43. The highest BCUT2D eigenvalue weighted by Gasteiger charge is 2.27. The van der Waals surface area contributed by atoms with Crippen LogP contribution in [0.25, 0.3) is 0 Å². The van der Waals surface area contributed by atoms with Crippen LogP contribution in [-0.2, 0) is 20.7 Å². The molecule has 0 aliphatic carbocycles. The molecule has 1 aromatic carbocycles. The zero-order valence-electron chi connectivity index (χ0n) is 9.42. The van der Waals surface area contributed by atoms with Crippen molar-refractivity contribution < 1.29 is 24.5 Å². The van der Waals surface area contributed by atoms with Crippen LogP contribution in [0, 0.1) is 5.92 Å². The van der Waals surface area contributed by atoms with E-state index >= 15 is 0 Å². The van der Waals surface area contributed by atoms with Crippen molar-refractivity contribution in [2.75, 3.05) is 6.61 Å². The summed E-state index contributed by atoms with van der Waals surface area (Å²) in [6.45, 7) is 1.76. The van der Waals surface area contributed by atoms with Gasteiger partial charge in [0.25, 0.3) is 0 Å². The van der Waals surface area contributed by atoms with Gasteiger partial charge in [-0.2, -0.15) is 0 Å². The lowest BCUT2D eigenvalue weighted by Crippen LogP contribution is -2.27. The van der Waals surface area contributed by atoms with Crippen molar-refractivity contribution in [1.29, 1.82) is 0 Å². The van der Waals surface area contributed by atoms with E-state index in [1.807, 2.05) is 0 Å². The van der Waals surface area contributed by atoms with Gasteiger partial charge in [-0.15, -0.1) is 0 Å². The Kier molecular flexibility index (Phi) is 4.51. The van der Waals surface area contributed by atoms with E-state index < -0.39 is 17.9 Å². The molecule has 1 unspecified atom stereocenters. The van der Waals surface area contributed by atoms with Gasteiger partial charge in [-0.25, -0.2) is 0 Å². The van der Waals surface area contributed by atoms with Gasteiger partial charge in [-0.05, 0) is 31.0 Å². The van der Waals surface area contributed by atoms with Crippen molar-refractivity contribution in [3.63, 3.8) is 0 Å². The molecule has 17 heavy (non-hydrogen) atoms. The van der Waals surface area contributed by atoms with Crippen LogP contribution in [0.1, 0.15) is 12.5 Å². The van der Waals surface area contributed by atoms with E-state index in [4.69, 9.17) is 5.11 Å². The number of aliphatic carboxylic acids is 1. The molecule has 0 bridgehead atoms. The number of carboxylic acids is 1. The molecule has 92 valence electrons. The van der Waals surface area contributed by atoms with E-state index in [9.17, 15) is 14.7 Å². The molecule has 0 fully saturated rings. The molecule has 5 heteroatoms. The highest BCUT2D eigenvalue weighted by atomic mass is 16.5. The van der Waals surface area contributed by atoms with Crippen LogP contribution in [0.2, 0.25) is 0 Å². The molecule has 0 amide bonds. The summed E-state index contributed by atoms with van der Waals surface area (Å²) < 4.78 is 4.69. The number of ether oxygens (including phenoxy) is 1. The van der Waals surface area contributed by atoms with Crippen molar-refractivity contribution >= 4 is 11.9 Å². The Morgan fingerprint density at radius 1 is 1.41 bits per heavy atom. The van der Waals surface area contributed by atoms with Gasteiger partial charge < -0.3 is 14.9 Å². The minimum absolute atomic E-state index is 0.00255. The van der Waals surface area contributed by atoms with Crippen molar-refractivity contribution in [3.8, 4) is 5.75 Å². The summed E-state index contributed by atoms with van der Waals surface area (Å²) in [5.74, 6) is -3.19. The molecule has 0 heterocycles. The number of aromatic hydroxyl groups is 1. The van der Waals surface area contributed by atoms with E-state index in [1.165, 1.54) is 12.1 Å². The van der Waals surface area contributed by atoms with Gasteiger partial charge in [0, 0.05) is 0 Å². The molecule has 0 saturated heterocycles. The number of esters is 1. The predicted molar refractivity (Wildman–Crippen MR) is 59.6 cm³/mol. The number of benzene rings is 1. The van der Waals surface area contributed by atoms with Crippen molar-refractivity contribution in [2.24, 2.45) is 5.92 Å². The van der Waals surface area contributed by atoms with Crippen LogP contribution in [0.5, 0.6) is 5.75 Å². The number of phenols is 1. The second-order valence-electron chi connectivity index (χ2n) is 3.52. The molecular weight excluding hydrogens is 224 g/mol. The average Bonchev–Trinajstić information content (AvgIpc) is 2.26. The second kappa shape index (κ2) is 5.89. The van der Waals surface area contributed by atoms with E-state index in [-0.39, 0.29) is 18.8 Å². The summed E-state index contributed by atoms with van der Waals surface area (Å²) in [7, 11) is 0. The first-order valence-corrected chi connectivity index (χ1v) is 5.22. The van der Waals surface area contributed by atoms with Crippen LogP contribution >= 0.6 is 0 Å². The molecule has 1 aromatic rings. The third-order valence-corrected chi connectivity index (χ3v) is 2.22. The molecule has 2 N–H and O–H groups in total. The van der Waals surface area contributed by atoms with Gasteiger partial charge in [-0.1, -0.05) is 12.1 Å². The topological polar surface area (TPSA) is 83.8 Å². The number of carboxylic acid groups (broad SMARTS) is 1. The summed E-state index contributed by atoms with van der Waals surface area (Å²) in [5.41, 5.74) is 0.574. The van der Waals surface area contributed by atoms with Gasteiger partial charge in [0.15, 0.2) is 5.92 Å². The average molecular weight is 238 g/mol.